The number of fused-ring (bicyclic) bond motifs is 8. The van der Waals surface area contributed by atoms with Crippen molar-refractivity contribution >= 4 is 45.6 Å². The van der Waals surface area contributed by atoms with Crippen LogP contribution in [-0.4, -0.2) is 44.2 Å². The number of hydrogen-bond acceptors (Lipinski definition) is 4. The third kappa shape index (κ3) is 4.91. The van der Waals surface area contributed by atoms with Gasteiger partial charge in [-0.25, -0.2) is 9.97 Å². The Morgan fingerprint density at radius 3 is 2.05 bits per heavy atom. The van der Waals surface area contributed by atoms with Crippen molar-refractivity contribution in [1.29, 1.82) is 0 Å². The number of hydrogen-bond donors (Lipinski definition) is 2. The van der Waals surface area contributed by atoms with Crippen LogP contribution in [0.4, 0.5) is 0 Å². The Kier molecular flexibility index (Phi) is 6.10. The van der Waals surface area contributed by atoms with E-state index in [2.05, 4.69) is 94.6 Å². The molecule has 2 N–H and O–H groups in total. The summed E-state index contributed by atoms with van der Waals surface area (Å²) in [5, 5.41) is 0. The van der Waals surface area contributed by atoms with Gasteiger partial charge in [0, 0.05) is 35.2 Å². The fourth-order valence-electron chi connectivity index (χ4n) is 5.58. The number of nitrogens with one attached hydrogen (secondary N) is 2. The molecule has 1 fully saturated rings. The van der Waals surface area contributed by atoms with Crippen molar-refractivity contribution in [2.75, 3.05) is 13.1 Å². The van der Waals surface area contributed by atoms with Crippen LogP contribution in [0.2, 0.25) is 0 Å². The maximum Gasteiger partial charge on any atom is 0.157 e. The molecule has 1 saturated heterocycles. The molecule has 3 aliphatic heterocycles. The molecule has 3 aliphatic rings. The largest absolute Gasteiger partial charge is 0.472 e. The van der Waals surface area contributed by atoms with Gasteiger partial charge in [0.2, 0.25) is 0 Å². The maximum atomic E-state index is 6.83. The normalized spacial score (nSPS) is 16.4. The highest BCUT2D eigenvalue weighted by atomic mass is 16.5. The molecular formula is C33H31N5O. The van der Waals surface area contributed by atoms with Gasteiger partial charge in [-0.15, -0.1) is 0 Å². The third-order valence-corrected chi connectivity index (χ3v) is 7.55. The first-order chi connectivity index (χ1) is 19.2. The number of benzene rings is 1. The van der Waals surface area contributed by atoms with Gasteiger partial charge >= 0.3 is 0 Å². The molecule has 0 spiro atoms. The standard InChI is InChI=1S/C33H31N5O/c1-22(38-16-6-3-7-17-38)39-33-31-21-29-15-13-27(36-29)19-25-11-10-24(34-25)18-26-12-14-28(35-26)20-30(37-31)32(33)23-8-4-2-5-9-23/h2,4-5,8-15,18-22,34,36H,3,6-7,16-17H2,1H3. The number of likely N-dealkylation sites (tertiary alicyclic amines) is 1. The predicted molar refractivity (Wildman–Crippen MR) is 158 cm³/mol. The molecule has 1 atom stereocenters. The van der Waals surface area contributed by atoms with Crippen LogP contribution in [0, 0.1) is 0 Å². The molecule has 39 heavy (non-hydrogen) atoms. The van der Waals surface area contributed by atoms with Crippen LogP contribution < -0.4 is 0 Å². The Morgan fingerprint density at radius 2 is 1.33 bits per heavy atom. The number of ether oxygens (including phenoxy) is 1. The Labute approximate surface area is 227 Å². The molecule has 6 heteroatoms. The van der Waals surface area contributed by atoms with Crippen LogP contribution >= 0.6 is 0 Å². The summed E-state index contributed by atoms with van der Waals surface area (Å²) >= 11 is 0. The summed E-state index contributed by atoms with van der Waals surface area (Å²) in [6.07, 6.45) is 7.74. The van der Waals surface area contributed by atoms with Crippen LogP contribution in [0.15, 0.2) is 78.9 Å². The fourth-order valence-corrected chi connectivity index (χ4v) is 5.58. The van der Waals surface area contributed by atoms with Gasteiger partial charge in [0.05, 0.1) is 22.7 Å². The molecule has 0 radical (unpaired) electrons. The summed E-state index contributed by atoms with van der Waals surface area (Å²) in [5.74, 6) is 0.807. The average molecular weight is 514 g/mol. The Balaban J connectivity index is 1.47. The highest BCUT2D eigenvalue weighted by molar-refractivity contribution is 5.98. The second-order valence-electron chi connectivity index (χ2n) is 10.4. The minimum absolute atomic E-state index is 0.0568. The Hall–Kier alpha value is -4.42. The lowest BCUT2D eigenvalue weighted by Gasteiger charge is -2.32. The number of rotatable bonds is 4. The molecule has 194 valence electrons. The van der Waals surface area contributed by atoms with Gasteiger partial charge in [-0.3, -0.25) is 4.90 Å². The van der Waals surface area contributed by atoms with Crippen LogP contribution in [-0.2, 0) is 4.74 Å². The molecule has 1 unspecified atom stereocenters. The summed E-state index contributed by atoms with van der Waals surface area (Å²) in [6, 6.07) is 27.1. The van der Waals surface area contributed by atoms with E-state index in [1.165, 1.54) is 19.3 Å². The molecular weight excluding hydrogens is 482 g/mol. The van der Waals surface area contributed by atoms with E-state index in [0.29, 0.717) is 0 Å². The molecule has 3 aromatic heterocycles. The fraction of sp³-hybridized carbons (Fsp3) is 0.212. The third-order valence-electron chi connectivity index (χ3n) is 7.55. The van der Waals surface area contributed by atoms with Gasteiger partial charge in [0.1, 0.15) is 11.9 Å². The molecule has 1 aromatic carbocycles. The average Bonchev–Trinajstić information content (AvgIpc) is 3.75. The van der Waals surface area contributed by atoms with Crippen molar-refractivity contribution < 1.29 is 4.74 Å². The molecule has 6 nitrogen and oxygen atoms in total. The van der Waals surface area contributed by atoms with Gasteiger partial charge in [-0.05, 0) is 86.0 Å². The zero-order valence-corrected chi connectivity index (χ0v) is 22.0. The topological polar surface area (TPSA) is 69.8 Å². The summed E-state index contributed by atoms with van der Waals surface area (Å²) in [5.41, 5.74) is 9.53. The SMILES string of the molecule is CC(OC1=C(c2ccccc2)c2cc3nc(cc4ccc(cc5ccc(cc1n2)[nH]5)[nH]4)C=C3)N1CCCCC1. The summed E-state index contributed by atoms with van der Waals surface area (Å²) in [6.45, 7) is 4.27. The highest BCUT2D eigenvalue weighted by Crippen LogP contribution is 2.37. The second kappa shape index (κ2) is 10.0. The molecule has 0 aliphatic carbocycles. The van der Waals surface area contributed by atoms with Crippen molar-refractivity contribution in [3.8, 4) is 0 Å². The summed E-state index contributed by atoms with van der Waals surface area (Å²) in [7, 11) is 0. The Morgan fingerprint density at radius 1 is 0.692 bits per heavy atom. The lowest BCUT2D eigenvalue weighted by atomic mass is 10.0. The minimum atomic E-state index is -0.0568. The molecule has 0 amide bonds. The monoisotopic (exact) mass is 513 g/mol. The molecule has 6 heterocycles. The van der Waals surface area contributed by atoms with E-state index in [1.54, 1.807) is 0 Å². The van der Waals surface area contributed by atoms with Gasteiger partial charge < -0.3 is 14.7 Å². The maximum absolute atomic E-state index is 6.83. The number of piperidine rings is 1. The number of H-pyrrole nitrogens is 2. The zero-order valence-electron chi connectivity index (χ0n) is 22.0. The first-order valence-electron chi connectivity index (χ1n) is 13.8. The van der Waals surface area contributed by atoms with E-state index < -0.39 is 0 Å². The first kappa shape index (κ1) is 23.7. The van der Waals surface area contributed by atoms with Crippen LogP contribution in [0.3, 0.4) is 0 Å². The van der Waals surface area contributed by atoms with Crippen molar-refractivity contribution in [3.63, 3.8) is 0 Å². The van der Waals surface area contributed by atoms with E-state index in [-0.39, 0.29) is 6.23 Å². The Bertz CT molecular complexity index is 1740. The highest BCUT2D eigenvalue weighted by Gasteiger charge is 2.27. The smallest absolute Gasteiger partial charge is 0.157 e. The van der Waals surface area contributed by atoms with Crippen LogP contribution in [0.1, 0.15) is 54.5 Å². The lowest BCUT2D eigenvalue weighted by Crippen LogP contribution is -2.38. The van der Waals surface area contributed by atoms with Gasteiger partial charge in [-0.1, -0.05) is 36.8 Å². The minimum Gasteiger partial charge on any atom is -0.472 e. The van der Waals surface area contributed by atoms with Gasteiger partial charge in [-0.2, -0.15) is 0 Å². The predicted octanol–water partition coefficient (Wildman–Crippen LogP) is 7.25. The summed E-state index contributed by atoms with van der Waals surface area (Å²) in [4.78, 5) is 19.4. The van der Waals surface area contributed by atoms with E-state index in [0.717, 1.165) is 74.8 Å². The van der Waals surface area contributed by atoms with Crippen molar-refractivity contribution in [3.05, 3.63) is 107 Å². The lowest BCUT2D eigenvalue weighted by molar-refractivity contribution is 0.00688. The van der Waals surface area contributed by atoms with Crippen molar-refractivity contribution in [2.24, 2.45) is 0 Å². The van der Waals surface area contributed by atoms with E-state index in [1.807, 2.05) is 18.2 Å². The second-order valence-corrected chi connectivity index (χ2v) is 10.4. The molecule has 7 rings (SSSR count). The van der Waals surface area contributed by atoms with Crippen LogP contribution in [0.5, 0.6) is 0 Å². The van der Waals surface area contributed by atoms with Crippen molar-refractivity contribution in [1.82, 2.24) is 24.8 Å². The first-order valence-corrected chi connectivity index (χ1v) is 13.8. The van der Waals surface area contributed by atoms with E-state index in [4.69, 9.17) is 14.7 Å². The number of nitrogens with zero attached hydrogens (tertiary/aromatic N) is 3. The van der Waals surface area contributed by atoms with Gasteiger partial charge in [0.15, 0.2) is 5.76 Å². The van der Waals surface area contributed by atoms with E-state index >= 15 is 0 Å². The molecule has 0 saturated carbocycles. The number of aromatic nitrogens is 4. The van der Waals surface area contributed by atoms with E-state index in [9.17, 15) is 0 Å². The zero-order chi connectivity index (χ0) is 26.2. The summed E-state index contributed by atoms with van der Waals surface area (Å²) < 4.78 is 6.83. The van der Waals surface area contributed by atoms with Crippen molar-refractivity contribution in [2.45, 2.75) is 32.4 Å². The quantitative estimate of drug-likeness (QED) is 0.266. The molecule has 4 aromatic rings. The van der Waals surface area contributed by atoms with Gasteiger partial charge in [0.25, 0.3) is 0 Å². The van der Waals surface area contributed by atoms with Crippen LogP contribution in [0.25, 0.3) is 45.6 Å². The molecule has 8 bridgehead atoms. The number of aromatic amines is 2.